The monoisotopic (exact) mass is 394 g/mol. The number of hydrogen-bond donors (Lipinski definition) is 1. The molecule has 1 aliphatic rings. The largest absolute Gasteiger partial charge is 0.355 e. The van der Waals surface area contributed by atoms with Crippen LogP contribution < -0.4 is 5.32 Å². The van der Waals surface area contributed by atoms with Gasteiger partial charge in [0.05, 0.1) is 0 Å². The Bertz CT molecular complexity index is 655. The molecule has 2 amide bonds. The predicted molar refractivity (Wildman–Crippen MR) is 107 cm³/mol. The van der Waals surface area contributed by atoms with Gasteiger partial charge in [-0.3, -0.25) is 9.59 Å². The average Bonchev–Trinajstić information content (AvgIpc) is 2.65. The van der Waals surface area contributed by atoms with E-state index < -0.39 is 0 Å². The Labute approximate surface area is 167 Å². The second-order valence-corrected chi connectivity index (χ2v) is 8.69. The van der Waals surface area contributed by atoms with E-state index in [0.29, 0.717) is 37.2 Å². The van der Waals surface area contributed by atoms with Gasteiger partial charge in [-0.05, 0) is 36.2 Å². The van der Waals surface area contributed by atoms with Gasteiger partial charge in [-0.15, -0.1) is 11.6 Å². The van der Waals surface area contributed by atoms with Gasteiger partial charge < -0.3 is 10.2 Å². The molecule has 7 heteroatoms. The second kappa shape index (κ2) is 9.49. The van der Waals surface area contributed by atoms with Crippen molar-refractivity contribution in [3.05, 3.63) is 23.8 Å². The molecule has 0 bridgehead atoms. The number of hydrogen-bond acceptors (Lipinski definition) is 4. The standard InChI is InChI=1S/C20H31ClN4O2/c1-14(2)11-17-22-8-5-16(24-17)19(27)25-9-6-15(7-10-25)20(3,4)13-23-18(26)12-21/h5,8,14-15H,6-7,9-13H2,1-4H3,(H,23,26). The lowest BCUT2D eigenvalue weighted by molar-refractivity contribution is -0.119. The highest BCUT2D eigenvalue weighted by molar-refractivity contribution is 6.27. The van der Waals surface area contributed by atoms with Crippen molar-refractivity contribution >= 4 is 23.4 Å². The first kappa shape index (κ1) is 21.6. The van der Waals surface area contributed by atoms with Gasteiger partial charge in [0.15, 0.2) is 0 Å². The van der Waals surface area contributed by atoms with E-state index in [2.05, 4.69) is 43.0 Å². The molecule has 1 aromatic rings. The quantitative estimate of drug-likeness (QED) is 0.721. The Morgan fingerprint density at radius 2 is 2.00 bits per heavy atom. The number of nitrogens with zero attached hydrogens (tertiary/aromatic N) is 3. The molecule has 0 radical (unpaired) electrons. The van der Waals surface area contributed by atoms with Crippen LogP contribution in [0.2, 0.25) is 0 Å². The number of rotatable bonds is 7. The topological polar surface area (TPSA) is 75.2 Å². The summed E-state index contributed by atoms with van der Waals surface area (Å²) in [6.45, 7) is 10.6. The van der Waals surface area contributed by atoms with Crippen molar-refractivity contribution in [2.24, 2.45) is 17.3 Å². The van der Waals surface area contributed by atoms with E-state index in [-0.39, 0.29) is 23.1 Å². The molecule has 1 aromatic heterocycles. The fourth-order valence-electron chi connectivity index (χ4n) is 3.53. The predicted octanol–water partition coefficient (Wildman–Crippen LogP) is 2.91. The first-order valence-corrected chi connectivity index (χ1v) is 10.2. The summed E-state index contributed by atoms with van der Waals surface area (Å²) in [5.74, 6) is 1.45. The zero-order chi connectivity index (χ0) is 20.0. The Hall–Kier alpha value is -1.69. The number of carbonyl (C=O) groups is 2. The first-order chi connectivity index (χ1) is 12.7. The van der Waals surface area contributed by atoms with Crippen LogP contribution in [0.4, 0.5) is 0 Å². The van der Waals surface area contributed by atoms with Gasteiger partial charge in [0.2, 0.25) is 5.91 Å². The van der Waals surface area contributed by atoms with Crippen molar-refractivity contribution in [1.82, 2.24) is 20.2 Å². The Balaban J connectivity index is 1.93. The molecule has 27 heavy (non-hydrogen) atoms. The zero-order valence-corrected chi connectivity index (χ0v) is 17.6. The van der Waals surface area contributed by atoms with E-state index in [4.69, 9.17) is 11.6 Å². The van der Waals surface area contributed by atoms with Gasteiger partial charge in [0.25, 0.3) is 5.91 Å². The molecular weight excluding hydrogens is 364 g/mol. The highest BCUT2D eigenvalue weighted by Crippen LogP contribution is 2.34. The molecule has 0 aliphatic carbocycles. The van der Waals surface area contributed by atoms with Crippen LogP contribution in [0.5, 0.6) is 0 Å². The Kier molecular flexibility index (Phi) is 7.59. The average molecular weight is 395 g/mol. The maximum atomic E-state index is 12.8. The van der Waals surface area contributed by atoms with Crippen LogP contribution in [0.3, 0.4) is 0 Å². The van der Waals surface area contributed by atoms with Crippen LogP contribution in [-0.4, -0.2) is 52.2 Å². The van der Waals surface area contributed by atoms with Gasteiger partial charge in [0.1, 0.15) is 17.4 Å². The van der Waals surface area contributed by atoms with E-state index >= 15 is 0 Å². The molecule has 1 saturated heterocycles. The molecule has 6 nitrogen and oxygen atoms in total. The molecule has 0 aromatic carbocycles. The van der Waals surface area contributed by atoms with E-state index in [9.17, 15) is 9.59 Å². The fraction of sp³-hybridized carbons (Fsp3) is 0.700. The third-order valence-corrected chi connectivity index (χ3v) is 5.51. The molecule has 0 spiro atoms. The summed E-state index contributed by atoms with van der Waals surface area (Å²) < 4.78 is 0. The van der Waals surface area contributed by atoms with Crippen molar-refractivity contribution in [3.63, 3.8) is 0 Å². The summed E-state index contributed by atoms with van der Waals surface area (Å²) in [4.78, 5) is 34.8. The molecule has 0 unspecified atom stereocenters. The number of aromatic nitrogens is 2. The van der Waals surface area contributed by atoms with Crippen molar-refractivity contribution in [3.8, 4) is 0 Å². The van der Waals surface area contributed by atoms with Crippen LogP contribution >= 0.6 is 11.6 Å². The molecule has 2 heterocycles. The smallest absolute Gasteiger partial charge is 0.272 e. The van der Waals surface area contributed by atoms with Crippen LogP contribution in [0.1, 0.15) is 56.8 Å². The number of nitrogens with one attached hydrogen (secondary N) is 1. The summed E-state index contributed by atoms with van der Waals surface area (Å²) in [5.41, 5.74) is 0.448. The molecule has 150 valence electrons. The zero-order valence-electron chi connectivity index (χ0n) is 16.8. The van der Waals surface area contributed by atoms with E-state index in [1.54, 1.807) is 12.3 Å². The van der Waals surface area contributed by atoms with E-state index in [1.807, 2.05) is 4.90 Å². The minimum Gasteiger partial charge on any atom is -0.355 e. The van der Waals surface area contributed by atoms with Gasteiger partial charge in [0, 0.05) is 32.3 Å². The minimum atomic E-state index is -0.140. The minimum absolute atomic E-state index is 0.0131. The lowest BCUT2D eigenvalue weighted by Crippen LogP contribution is -2.46. The second-order valence-electron chi connectivity index (χ2n) is 8.42. The van der Waals surface area contributed by atoms with Crippen molar-refractivity contribution in [2.75, 3.05) is 25.5 Å². The normalized spacial score (nSPS) is 15.9. The number of likely N-dealkylation sites (tertiary alicyclic amines) is 1. The van der Waals surface area contributed by atoms with Gasteiger partial charge in [-0.25, -0.2) is 9.97 Å². The van der Waals surface area contributed by atoms with Crippen LogP contribution in [0.15, 0.2) is 12.3 Å². The SMILES string of the molecule is CC(C)Cc1nccc(C(=O)N2CCC(C(C)(C)CNC(=O)CCl)CC2)n1. The van der Waals surface area contributed by atoms with Crippen LogP contribution in [0.25, 0.3) is 0 Å². The Morgan fingerprint density at radius 3 is 2.59 bits per heavy atom. The highest BCUT2D eigenvalue weighted by Gasteiger charge is 2.34. The maximum absolute atomic E-state index is 12.8. The maximum Gasteiger partial charge on any atom is 0.272 e. The summed E-state index contributed by atoms with van der Waals surface area (Å²) >= 11 is 5.55. The number of piperidine rings is 1. The van der Waals surface area contributed by atoms with Crippen molar-refractivity contribution in [1.29, 1.82) is 0 Å². The first-order valence-electron chi connectivity index (χ1n) is 9.66. The number of carbonyl (C=O) groups excluding carboxylic acids is 2. The number of halogens is 1. The lowest BCUT2D eigenvalue weighted by Gasteiger charge is -2.40. The van der Waals surface area contributed by atoms with Crippen molar-refractivity contribution < 1.29 is 9.59 Å². The van der Waals surface area contributed by atoms with Crippen LogP contribution in [0, 0.1) is 17.3 Å². The molecule has 1 aliphatic heterocycles. The summed E-state index contributed by atoms with van der Waals surface area (Å²) in [7, 11) is 0. The summed E-state index contributed by atoms with van der Waals surface area (Å²) in [6, 6.07) is 1.70. The number of alkyl halides is 1. The van der Waals surface area contributed by atoms with Crippen LogP contribution in [-0.2, 0) is 11.2 Å². The van der Waals surface area contributed by atoms with E-state index in [1.165, 1.54) is 0 Å². The molecular formula is C20H31ClN4O2. The van der Waals surface area contributed by atoms with Gasteiger partial charge >= 0.3 is 0 Å². The van der Waals surface area contributed by atoms with Gasteiger partial charge in [-0.1, -0.05) is 27.7 Å². The lowest BCUT2D eigenvalue weighted by atomic mass is 9.73. The Morgan fingerprint density at radius 1 is 1.33 bits per heavy atom. The fourth-order valence-corrected chi connectivity index (χ4v) is 3.62. The third-order valence-electron chi connectivity index (χ3n) is 5.27. The van der Waals surface area contributed by atoms with Gasteiger partial charge in [-0.2, -0.15) is 0 Å². The molecule has 1 fully saturated rings. The summed E-state index contributed by atoms with van der Waals surface area (Å²) in [6.07, 6.45) is 4.28. The molecule has 0 saturated carbocycles. The molecule has 0 atom stereocenters. The molecule has 2 rings (SSSR count). The third kappa shape index (κ3) is 6.16. The molecule has 1 N–H and O–H groups in total. The van der Waals surface area contributed by atoms with Crippen molar-refractivity contribution in [2.45, 2.75) is 47.0 Å². The highest BCUT2D eigenvalue weighted by atomic mass is 35.5. The summed E-state index contributed by atoms with van der Waals surface area (Å²) in [5, 5.41) is 2.88. The number of amides is 2. The van der Waals surface area contributed by atoms with E-state index in [0.717, 1.165) is 25.1 Å².